The molecule has 3 heterocycles. The zero-order valence-electron chi connectivity index (χ0n) is 19.2. The molecule has 0 saturated carbocycles. The average Bonchev–Trinajstić information content (AvgIpc) is 3.12. The molecule has 1 aromatic rings. The maximum atomic E-state index is 12.7. The second kappa shape index (κ2) is 9.41. The summed E-state index contributed by atoms with van der Waals surface area (Å²) in [6.45, 7) is 15.0. The van der Waals surface area contributed by atoms with Gasteiger partial charge < -0.3 is 20.0 Å². The van der Waals surface area contributed by atoms with Crippen LogP contribution in [0.2, 0.25) is 0 Å². The summed E-state index contributed by atoms with van der Waals surface area (Å²) in [5.74, 6) is 2.28. The lowest BCUT2D eigenvalue weighted by molar-refractivity contribution is 0.0461. The van der Waals surface area contributed by atoms with E-state index in [4.69, 9.17) is 4.42 Å². The summed E-state index contributed by atoms with van der Waals surface area (Å²) in [5.41, 5.74) is -0.0634. The Morgan fingerprint density at radius 3 is 2.33 bits per heavy atom. The molecule has 0 unspecified atom stereocenters. The van der Waals surface area contributed by atoms with Crippen molar-refractivity contribution in [1.82, 2.24) is 20.4 Å². The summed E-state index contributed by atoms with van der Waals surface area (Å²) in [6, 6.07) is 3.54. The summed E-state index contributed by atoms with van der Waals surface area (Å²) in [4.78, 5) is 29.3. The molecule has 30 heavy (non-hydrogen) atoms. The van der Waals surface area contributed by atoms with Gasteiger partial charge in [0.05, 0.1) is 0 Å². The molecule has 0 aliphatic carbocycles. The standard InChI is InChI=1S/C23H38N4O3/c1-16-12-17(2)14-27(13-16)23(4,5)15-24-22(29)26-10-8-19(9-11-26)25-21(28)20-7-6-18(3)30-20/h6-7,16-17,19H,8-15H2,1-5H3,(H,24,29)(H,25,28)/t16-,17-/m1/s1. The maximum absolute atomic E-state index is 12.7. The molecular formula is C23H38N4O3. The molecule has 0 bridgehead atoms. The number of urea groups is 1. The van der Waals surface area contributed by atoms with E-state index in [9.17, 15) is 9.59 Å². The van der Waals surface area contributed by atoms with Crippen LogP contribution in [0.25, 0.3) is 0 Å². The van der Waals surface area contributed by atoms with E-state index < -0.39 is 0 Å². The first-order chi connectivity index (χ1) is 14.1. The minimum atomic E-state index is -0.183. The first-order valence-electron chi connectivity index (χ1n) is 11.3. The molecule has 2 N–H and O–H groups in total. The van der Waals surface area contributed by atoms with Gasteiger partial charge in [-0.1, -0.05) is 13.8 Å². The van der Waals surface area contributed by atoms with Gasteiger partial charge in [0.15, 0.2) is 5.76 Å². The smallest absolute Gasteiger partial charge is 0.317 e. The van der Waals surface area contributed by atoms with Crippen molar-refractivity contribution in [2.75, 3.05) is 32.7 Å². The number of likely N-dealkylation sites (tertiary alicyclic amines) is 2. The Balaban J connectivity index is 1.42. The van der Waals surface area contributed by atoms with E-state index in [1.807, 2.05) is 11.8 Å². The zero-order chi connectivity index (χ0) is 21.9. The minimum Gasteiger partial charge on any atom is -0.456 e. The Labute approximate surface area is 180 Å². The lowest BCUT2D eigenvalue weighted by atomic mass is 9.88. The van der Waals surface area contributed by atoms with Crippen LogP contribution in [0, 0.1) is 18.8 Å². The fraction of sp³-hybridized carbons (Fsp3) is 0.739. The van der Waals surface area contributed by atoms with E-state index in [0.29, 0.717) is 37.2 Å². The summed E-state index contributed by atoms with van der Waals surface area (Å²) in [7, 11) is 0. The molecule has 0 spiro atoms. The predicted octanol–water partition coefficient (Wildman–Crippen LogP) is 3.25. The van der Waals surface area contributed by atoms with Crippen molar-refractivity contribution >= 4 is 11.9 Å². The normalized spacial score (nSPS) is 24.0. The van der Waals surface area contributed by atoms with E-state index >= 15 is 0 Å². The molecule has 2 fully saturated rings. The molecule has 3 rings (SSSR count). The molecule has 0 radical (unpaired) electrons. The van der Waals surface area contributed by atoms with Gasteiger partial charge >= 0.3 is 6.03 Å². The average molecular weight is 419 g/mol. The Kier molecular flexibility index (Phi) is 7.11. The predicted molar refractivity (Wildman–Crippen MR) is 118 cm³/mol. The van der Waals surface area contributed by atoms with Crippen LogP contribution in [0.1, 0.15) is 63.3 Å². The second-order valence-electron chi connectivity index (χ2n) is 9.97. The van der Waals surface area contributed by atoms with Crippen LogP contribution < -0.4 is 10.6 Å². The van der Waals surface area contributed by atoms with Crippen LogP contribution in [-0.2, 0) is 0 Å². The molecule has 2 saturated heterocycles. The van der Waals surface area contributed by atoms with Crippen LogP contribution in [0.3, 0.4) is 0 Å². The third kappa shape index (κ3) is 5.78. The van der Waals surface area contributed by atoms with Crippen LogP contribution >= 0.6 is 0 Å². The molecule has 7 heteroatoms. The Morgan fingerprint density at radius 1 is 1.13 bits per heavy atom. The highest BCUT2D eigenvalue weighted by Gasteiger charge is 2.33. The van der Waals surface area contributed by atoms with Gasteiger partial charge in [-0.3, -0.25) is 9.69 Å². The largest absolute Gasteiger partial charge is 0.456 e. The van der Waals surface area contributed by atoms with Crippen molar-refractivity contribution in [2.24, 2.45) is 11.8 Å². The molecule has 1 aromatic heterocycles. The van der Waals surface area contributed by atoms with Gasteiger partial charge in [-0.2, -0.15) is 0 Å². The molecular weight excluding hydrogens is 380 g/mol. The Morgan fingerprint density at radius 2 is 1.77 bits per heavy atom. The van der Waals surface area contributed by atoms with Gasteiger partial charge in [-0.15, -0.1) is 0 Å². The van der Waals surface area contributed by atoms with Gasteiger partial charge in [-0.25, -0.2) is 4.79 Å². The number of nitrogens with zero attached hydrogens (tertiary/aromatic N) is 2. The molecule has 0 aromatic carbocycles. The summed E-state index contributed by atoms with van der Waals surface area (Å²) in [5, 5.41) is 6.16. The number of aryl methyl sites for hydroxylation is 1. The summed E-state index contributed by atoms with van der Waals surface area (Å²) in [6.07, 6.45) is 2.79. The van der Waals surface area contributed by atoms with Gasteiger partial charge in [0.25, 0.3) is 5.91 Å². The molecule has 2 aliphatic rings. The van der Waals surface area contributed by atoms with Crippen molar-refractivity contribution < 1.29 is 14.0 Å². The van der Waals surface area contributed by atoms with Crippen molar-refractivity contribution in [2.45, 2.75) is 65.5 Å². The SMILES string of the molecule is Cc1ccc(C(=O)NC2CCN(C(=O)NCC(C)(C)N3C[C@H](C)C[C@@H](C)C3)CC2)o1. The first-order valence-corrected chi connectivity index (χ1v) is 11.3. The first kappa shape index (κ1) is 22.7. The topological polar surface area (TPSA) is 77.8 Å². The molecule has 7 nitrogen and oxygen atoms in total. The van der Waals surface area contributed by atoms with E-state index in [0.717, 1.165) is 31.7 Å². The van der Waals surface area contributed by atoms with Crippen molar-refractivity contribution in [3.8, 4) is 0 Å². The third-order valence-corrected chi connectivity index (χ3v) is 6.48. The monoisotopic (exact) mass is 418 g/mol. The van der Waals surface area contributed by atoms with Gasteiger partial charge in [0, 0.05) is 44.3 Å². The quantitative estimate of drug-likeness (QED) is 0.769. The van der Waals surface area contributed by atoms with Gasteiger partial charge in [-0.05, 0) is 64.0 Å². The number of hydrogen-bond donors (Lipinski definition) is 2. The number of carbonyl (C=O) groups excluding carboxylic acids is 2. The number of hydrogen-bond acceptors (Lipinski definition) is 4. The van der Waals surface area contributed by atoms with Gasteiger partial charge in [0.2, 0.25) is 0 Å². The van der Waals surface area contributed by atoms with Crippen molar-refractivity contribution in [3.05, 3.63) is 23.7 Å². The fourth-order valence-electron chi connectivity index (χ4n) is 4.71. The van der Waals surface area contributed by atoms with E-state index in [2.05, 4.69) is 43.2 Å². The number of piperidine rings is 2. The van der Waals surface area contributed by atoms with Gasteiger partial charge in [0.1, 0.15) is 5.76 Å². The fourth-order valence-corrected chi connectivity index (χ4v) is 4.71. The third-order valence-electron chi connectivity index (χ3n) is 6.48. The van der Waals surface area contributed by atoms with Crippen LogP contribution in [-0.4, -0.2) is 66.0 Å². The molecule has 3 amide bonds. The second-order valence-corrected chi connectivity index (χ2v) is 9.97. The highest BCUT2D eigenvalue weighted by Crippen LogP contribution is 2.27. The van der Waals surface area contributed by atoms with Crippen molar-refractivity contribution in [1.29, 1.82) is 0 Å². The molecule has 168 valence electrons. The number of furan rings is 1. The number of rotatable bonds is 5. The molecule has 2 aliphatic heterocycles. The summed E-state index contributed by atoms with van der Waals surface area (Å²) < 4.78 is 5.38. The number of nitrogens with one attached hydrogen (secondary N) is 2. The van der Waals surface area contributed by atoms with E-state index in [1.165, 1.54) is 6.42 Å². The number of carbonyl (C=O) groups is 2. The van der Waals surface area contributed by atoms with Crippen LogP contribution in [0.5, 0.6) is 0 Å². The lowest BCUT2D eigenvalue weighted by Crippen LogP contribution is -2.58. The van der Waals surface area contributed by atoms with E-state index in [-0.39, 0.29) is 23.5 Å². The Hall–Kier alpha value is -2.02. The number of amides is 3. The Bertz CT molecular complexity index is 727. The highest BCUT2D eigenvalue weighted by molar-refractivity contribution is 5.91. The van der Waals surface area contributed by atoms with Crippen molar-refractivity contribution in [3.63, 3.8) is 0 Å². The van der Waals surface area contributed by atoms with Crippen LogP contribution in [0.4, 0.5) is 4.79 Å². The maximum Gasteiger partial charge on any atom is 0.317 e. The summed E-state index contributed by atoms with van der Waals surface area (Å²) >= 11 is 0. The lowest BCUT2D eigenvalue weighted by Gasteiger charge is -2.45. The minimum absolute atomic E-state index is 0.00684. The van der Waals surface area contributed by atoms with E-state index in [1.54, 1.807) is 12.1 Å². The highest BCUT2D eigenvalue weighted by atomic mass is 16.3. The van der Waals surface area contributed by atoms with Crippen LogP contribution in [0.15, 0.2) is 16.5 Å². The molecule has 2 atom stereocenters. The zero-order valence-corrected chi connectivity index (χ0v) is 19.2.